The van der Waals surface area contributed by atoms with Gasteiger partial charge >= 0.3 is 0 Å². The molecule has 1 aliphatic carbocycles. The van der Waals surface area contributed by atoms with E-state index in [1.807, 2.05) is 16.9 Å². The van der Waals surface area contributed by atoms with Crippen LogP contribution in [0.3, 0.4) is 0 Å². The molecule has 4 heteroatoms. The number of aryl methyl sites for hydroxylation is 1. The molecule has 15 heavy (non-hydrogen) atoms. The molecule has 0 atom stereocenters. The maximum Gasteiger partial charge on any atom is 0.157 e. The van der Waals surface area contributed by atoms with Crippen LogP contribution in [0.25, 0.3) is 0 Å². The highest BCUT2D eigenvalue weighted by Crippen LogP contribution is 2.11. The molecule has 1 aromatic heterocycles. The topological polar surface area (TPSA) is 46.9 Å². The highest BCUT2D eigenvalue weighted by Gasteiger charge is 2.10. The van der Waals surface area contributed by atoms with Crippen LogP contribution >= 0.6 is 0 Å². The second-order valence-corrected chi connectivity index (χ2v) is 3.69. The standard InChI is InChI=1S/C11H15N3O/c15-11-4-3-10(9-11)12-5-1-7-14-8-2-6-13-14/h2,6,8-9,12H,1,3-5,7H2. The molecule has 2 rings (SSSR count). The second kappa shape index (κ2) is 4.77. The number of allylic oxidation sites excluding steroid dienone is 2. The maximum atomic E-state index is 10.9. The first kappa shape index (κ1) is 9.96. The number of aromatic nitrogens is 2. The molecule has 0 fully saturated rings. The number of hydrogen-bond acceptors (Lipinski definition) is 3. The van der Waals surface area contributed by atoms with Crippen LogP contribution in [-0.2, 0) is 11.3 Å². The molecule has 0 saturated carbocycles. The van der Waals surface area contributed by atoms with Gasteiger partial charge in [0.1, 0.15) is 0 Å². The monoisotopic (exact) mass is 205 g/mol. The molecule has 0 radical (unpaired) electrons. The fourth-order valence-corrected chi connectivity index (χ4v) is 1.66. The summed E-state index contributed by atoms with van der Waals surface area (Å²) in [4.78, 5) is 10.9. The second-order valence-electron chi connectivity index (χ2n) is 3.69. The van der Waals surface area contributed by atoms with Gasteiger partial charge in [-0.15, -0.1) is 0 Å². The smallest absolute Gasteiger partial charge is 0.157 e. The minimum Gasteiger partial charge on any atom is -0.388 e. The molecule has 0 bridgehead atoms. The van der Waals surface area contributed by atoms with Crippen molar-refractivity contribution in [3.8, 4) is 0 Å². The Balaban J connectivity index is 1.63. The van der Waals surface area contributed by atoms with E-state index in [2.05, 4.69) is 10.4 Å². The van der Waals surface area contributed by atoms with E-state index in [1.165, 1.54) is 0 Å². The van der Waals surface area contributed by atoms with Crippen LogP contribution < -0.4 is 5.32 Å². The van der Waals surface area contributed by atoms with Crippen molar-refractivity contribution in [3.63, 3.8) is 0 Å². The fourth-order valence-electron chi connectivity index (χ4n) is 1.66. The fraction of sp³-hybridized carbons (Fsp3) is 0.455. The number of carbonyl (C=O) groups is 1. The van der Waals surface area contributed by atoms with Crippen molar-refractivity contribution in [2.45, 2.75) is 25.8 Å². The normalized spacial score (nSPS) is 15.5. The lowest BCUT2D eigenvalue weighted by atomic mass is 10.3. The van der Waals surface area contributed by atoms with Gasteiger partial charge in [0.15, 0.2) is 5.78 Å². The van der Waals surface area contributed by atoms with Crippen molar-refractivity contribution in [1.29, 1.82) is 0 Å². The quantitative estimate of drug-likeness (QED) is 0.732. The van der Waals surface area contributed by atoms with Gasteiger partial charge in [0.25, 0.3) is 0 Å². The Labute approximate surface area is 89.0 Å². The molecule has 0 aliphatic heterocycles. The minimum atomic E-state index is 0.240. The largest absolute Gasteiger partial charge is 0.388 e. The van der Waals surface area contributed by atoms with Crippen LogP contribution in [0.4, 0.5) is 0 Å². The third-order valence-electron chi connectivity index (χ3n) is 2.45. The number of rotatable bonds is 5. The molecule has 4 nitrogen and oxygen atoms in total. The zero-order chi connectivity index (χ0) is 10.5. The van der Waals surface area contributed by atoms with Crippen LogP contribution in [0.15, 0.2) is 30.2 Å². The summed E-state index contributed by atoms with van der Waals surface area (Å²) in [5.74, 6) is 0.240. The molecular weight excluding hydrogens is 190 g/mol. The molecule has 1 heterocycles. The average molecular weight is 205 g/mol. The molecule has 80 valence electrons. The third kappa shape index (κ3) is 2.94. The van der Waals surface area contributed by atoms with Gasteiger partial charge in [0, 0.05) is 43.7 Å². The third-order valence-corrected chi connectivity index (χ3v) is 2.45. The summed E-state index contributed by atoms with van der Waals surface area (Å²) < 4.78 is 1.91. The van der Waals surface area contributed by atoms with Gasteiger partial charge in [-0.1, -0.05) is 0 Å². The molecule has 0 amide bonds. The van der Waals surface area contributed by atoms with E-state index < -0.39 is 0 Å². The van der Waals surface area contributed by atoms with Crippen molar-refractivity contribution in [2.24, 2.45) is 0 Å². The SMILES string of the molecule is O=C1C=C(NCCCn2cccn2)CC1. The summed E-state index contributed by atoms with van der Waals surface area (Å²) in [7, 11) is 0. The number of hydrogen-bond donors (Lipinski definition) is 1. The van der Waals surface area contributed by atoms with Crippen LogP contribution in [-0.4, -0.2) is 22.1 Å². The summed E-state index contributed by atoms with van der Waals surface area (Å²) in [5.41, 5.74) is 1.08. The van der Waals surface area contributed by atoms with Crippen molar-refractivity contribution in [1.82, 2.24) is 15.1 Å². The minimum absolute atomic E-state index is 0.240. The van der Waals surface area contributed by atoms with Crippen molar-refractivity contribution in [3.05, 3.63) is 30.2 Å². The Morgan fingerprint density at radius 3 is 3.07 bits per heavy atom. The number of ketones is 1. The zero-order valence-corrected chi connectivity index (χ0v) is 8.65. The Morgan fingerprint density at radius 1 is 1.47 bits per heavy atom. The molecule has 1 aromatic rings. The van der Waals surface area contributed by atoms with E-state index in [0.717, 1.165) is 31.6 Å². The van der Waals surface area contributed by atoms with E-state index in [9.17, 15) is 4.79 Å². The Bertz CT molecular complexity index is 354. The lowest BCUT2D eigenvalue weighted by Crippen LogP contribution is -2.15. The van der Waals surface area contributed by atoms with E-state index in [4.69, 9.17) is 0 Å². The van der Waals surface area contributed by atoms with E-state index >= 15 is 0 Å². The first-order valence-corrected chi connectivity index (χ1v) is 5.29. The lowest BCUT2D eigenvalue weighted by molar-refractivity contribution is -0.114. The van der Waals surface area contributed by atoms with E-state index in [0.29, 0.717) is 6.42 Å². The van der Waals surface area contributed by atoms with Crippen molar-refractivity contribution < 1.29 is 4.79 Å². The zero-order valence-electron chi connectivity index (χ0n) is 8.65. The van der Waals surface area contributed by atoms with Gasteiger partial charge in [-0.3, -0.25) is 9.48 Å². The van der Waals surface area contributed by atoms with Crippen molar-refractivity contribution in [2.75, 3.05) is 6.54 Å². The van der Waals surface area contributed by atoms with Gasteiger partial charge in [0.2, 0.25) is 0 Å². The highest BCUT2D eigenvalue weighted by molar-refractivity contribution is 5.92. The molecule has 0 spiro atoms. The van der Waals surface area contributed by atoms with Crippen LogP contribution in [0.1, 0.15) is 19.3 Å². The van der Waals surface area contributed by atoms with Gasteiger partial charge in [-0.25, -0.2) is 0 Å². The molecule has 0 unspecified atom stereocenters. The summed E-state index contributed by atoms with van der Waals surface area (Å²) in [6.07, 6.45) is 8.02. The number of nitrogens with one attached hydrogen (secondary N) is 1. The van der Waals surface area contributed by atoms with Gasteiger partial charge in [-0.2, -0.15) is 5.10 Å². The molecule has 0 saturated heterocycles. The van der Waals surface area contributed by atoms with Crippen molar-refractivity contribution >= 4 is 5.78 Å². The average Bonchev–Trinajstić information content (AvgIpc) is 2.84. The predicted molar refractivity (Wildman–Crippen MR) is 57.2 cm³/mol. The molecule has 1 aliphatic rings. The van der Waals surface area contributed by atoms with E-state index in [-0.39, 0.29) is 5.78 Å². The molecule has 1 N–H and O–H groups in total. The van der Waals surface area contributed by atoms with Crippen LogP contribution in [0.5, 0.6) is 0 Å². The summed E-state index contributed by atoms with van der Waals surface area (Å²) >= 11 is 0. The van der Waals surface area contributed by atoms with Gasteiger partial charge in [0.05, 0.1) is 0 Å². The predicted octanol–water partition coefficient (Wildman–Crippen LogP) is 1.11. The van der Waals surface area contributed by atoms with Crippen LogP contribution in [0, 0.1) is 0 Å². The maximum absolute atomic E-state index is 10.9. The summed E-state index contributed by atoms with van der Waals surface area (Å²) in [6.45, 7) is 1.82. The first-order valence-electron chi connectivity index (χ1n) is 5.29. The number of nitrogens with zero attached hydrogens (tertiary/aromatic N) is 2. The van der Waals surface area contributed by atoms with Gasteiger partial charge < -0.3 is 5.32 Å². The molecular formula is C11H15N3O. The summed E-state index contributed by atoms with van der Waals surface area (Å²) in [6, 6.07) is 1.92. The lowest BCUT2D eigenvalue weighted by Gasteiger charge is -2.06. The van der Waals surface area contributed by atoms with E-state index in [1.54, 1.807) is 12.3 Å². The summed E-state index contributed by atoms with van der Waals surface area (Å²) in [5, 5.41) is 7.39. The molecule has 0 aromatic carbocycles. The van der Waals surface area contributed by atoms with Crippen LogP contribution in [0.2, 0.25) is 0 Å². The Morgan fingerprint density at radius 2 is 2.40 bits per heavy atom. The first-order chi connectivity index (χ1) is 7.34. The number of carbonyl (C=O) groups excluding carboxylic acids is 1. The Hall–Kier alpha value is -1.58. The highest BCUT2D eigenvalue weighted by atomic mass is 16.1. The Kier molecular flexibility index (Phi) is 3.17. The van der Waals surface area contributed by atoms with Gasteiger partial charge in [-0.05, 0) is 18.9 Å².